The second kappa shape index (κ2) is 21.5. The van der Waals surface area contributed by atoms with Gasteiger partial charge in [-0.05, 0) is 49.4 Å². The van der Waals surface area contributed by atoms with Gasteiger partial charge in [-0.3, -0.25) is 14.4 Å². The Hall–Kier alpha value is -3.30. The molecule has 3 aromatic rings. The minimum atomic E-state index is -0.421. The molecule has 0 radical (unpaired) electrons. The third kappa shape index (κ3) is 12.1. The summed E-state index contributed by atoms with van der Waals surface area (Å²) in [5.74, 6) is 0.986. The van der Waals surface area contributed by atoms with E-state index >= 15 is 0 Å². The Kier molecular flexibility index (Phi) is 17.4. The Labute approximate surface area is 279 Å². The average molecular weight is 647 g/mol. The summed E-state index contributed by atoms with van der Waals surface area (Å²) in [5, 5.41) is 5.90. The molecule has 0 aromatic heterocycles. The van der Waals surface area contributed by atoms with E-state index in [1.54, 1.807) is 18.8 Å². The molecule has 8 heteroatoms. The number of thioether (sulfide) groups is 1. The van der Waals surface area contributed by atoms with Gasteiger partial charge in [0.15, 0.2) is 0 Å². The number of rotatable bonds is 24. The van der Waals surface area contributed by atoms with Crippen molar-refractivity contribution in [2.24, 2.45) is 0 Å². The van der Waals surface area contributed by atoms with E-state index in [0.717, 1.165) is 19.3 Å². The molecule has 0 bridgehead atoms. The van der Waals surface area contributed by atoms with Crippen molar-refractivity contribution >= 4 is 29.2 Å². The first-order valence-electron chi connectivity index (χ1n) is 16.5. The zero-order chi connectivity index (χ0) is 32.9. The van der Waals surface area contributed by atoms with Crippen LogP contribution in [0.25, 0.3) is 0 Å². The number of amides is 1. The first-order chi connectivity index (χ1) is 22.5. The molecule has 2 N–H and O–H groups in total. The number of ether oxygens (including phenoxy) is 2. The van der Waals surface area contributed by atoms with Gasteiger partial charge in [-0.2, -0.15) is 0 Å². The van der Waals surface area contributed by atoms with Gasteiger partial charge >= 0.3 is 0 Å². The number of carbonyl (C=O) groups excluding carboxylic acids is 3. The van der Waals surface area contributed by atoms with Crippen LogP contribution in [0, 0.1) is 0 Å². The molecule has 1 unspecified atom stereocenters. The number of hydrogen-bond acceptors (Lipinski definition) is 7. The molecule has 248 valence electrons. The first-order valence-corrected chi connectivity index (χ1v) is 17.4. The molecule has 7 nitrogen and oxygen atoms in total. The van der Waals surface area contributed by atoms with Crippen molar-refractivity contribution in [1.82, 2.24) is 10.6 Å². The lowest BCUT2D eigenvalue weighted by Gasteiger charge is -2.35. The SMILES string of the molecule is CCC(=O)C(CCCCNC(=O)COCCOCCCC(=O)CCSC(c1ccccc1)(c1ccccc1)c1ccccc1)NC. The smallest absolute Gasteiger partial charge is 0.245 e. The van der Waals surface area contributed by atoms with Crippen LogP contribution in [-0.4, -0.2) is 69.3 Å². The van der Waals surface area contributed by atoms with Gasteiger partial charge in [0, 0.05) is 38.2 Å². The molecular formula is C38H50N2O5S. The molecule has 0 saturated heterocycles. The Bertz CT molecular complexity index is 1190. The van der Waals surface area contributed by atoms with Crippen molar-refractivity contribution in [1.29, 1.82) is 0 Å². The Morgan fingerprint density at radius 2 is 1.30 bits per heavy atom. The van der Waals surface area contributed by atoms with Crippen molar-refractivity contribution < 1.29 is 23.9 Å². The third-order valence-corrected chi connectivity index (χ3v) is 9.47. The van der Waals surface area contributed by atoms with Crippen LogP contribution >= 0.6 is 11.8 Å². The molecule has 46 heavy (non-hydrogen) atoms. The highest BCUT2D eigenvalue weighted by molar-refractivity contribution is 8.00. The van der Waals surface area contributed by atoms with Gasteiger partial charge < -0.3 is 20.1 Å². The van der Waals surface area contributed by atoms with Crippen LogP contribution in [0.3, 0.4) is 0 Å². The fourth-order valence-corrected chi connectivity index (χ4v) is 6.98. The van der Waals surface area contributed by atoms with Gasteiger partial charge in [-0.25, -0.2) is 0 Å². The van der Waals surface area contributed by atoms with Gasteiger partial charge in [-0.1, -0.05) is 97.9 Å². The lowest BCUT2D eigenvalue weighted by atomic mass is 9.84. The third-order valence-electron chi connectivity index (χ3n) is 7.92. The minimum Gasteiger partial charge on any atom is -0.379 e. The van der Waals surface area contributed by atoms with Crippen LogP contribution < -0.4 is 10.6 Å². The van der Waals surface area contributed by atoms with E-state index in [2.05, 4.69) is 83.4 Å². The Morgan fingerprint density at radius 3 is 1.85 bits per heavy atom. The quantitative estimate of drug-likeness (QED) is 0.0867. The maximum absolute atomic E-state index is 12.8. The maximum Gasteiger partial charge on any atom is 0.245 e. The van der Waals surface area contributed by atoms with E-state index in [0.29, 0.717) is 57.8 Å². The number of ketones is 2. The lowest BCUT2D eigenvalue weighted by Crippen LogP contribution is -2.34. The predicted molar refractivity (Wildman–Crippen MR) is 187 cm³/mol. The van der Waals surface area contributed by atoms with Crippen molar-refractivity contribution in [3.05, 3.63) is 108 Å². The molecular weight excluding hydrogens is 596 g/mol. The molecule has 1 atom stereocenters. The highest BCUT2D eigenvalue weighted by Gasteiger charge is 2.36. The van der Waals surface area contributed by atoms with Gasteiger partial charge in [0.1, 0.15) is 18.2 Å². The molecule has 0 aliphatic rings. The van der Waals surface area contributed by atoms with Gasteiger partial charge in [0.05, 0.1) is 24.0 Å². The van der Waals surface area contributed by atoms with Crippen LogP contribution in [-0.2, 0) is 28.6 Å². The normalized spacial score (nSPS) is 12.0. The summed E-state index contributed by atoms with van der Waals surface area (Å²) in [7, 11) is 1.80. The summed E-state index contributed by atoms with van der Waals surface area (Å²) in [6, 6.07) is 31.5. The first kappa shape index (κ1) is 37.2. The second-order valence-electron chi connectivity index (χ2n) is 11.2. The number of hydrogen-bond donors (Lipinski definition) is 2. The molecule has 0 fully saturated rings. The Balaban J connectivity index is 1.32. The fourth-order valence-electron chi connectivity index (χ4n) is 5.43. The highest BCUT2D eigenvalue weighted by Crippen LogP contribution is 2.48. The van der Waals surface area contributed by atoms with Crippen LogP contribution in [0.15, 0.2) is 91.0 Å². The van der Waals surface area contributed by atoms with E-state index < -0.39 is 4.75 Å². The lowest BCUT2D eigenvalue weighted by molar-refractivity contribution is -0.126. The van der Waals surface area contributed by atoms with E-state index in [9.17, 15) is 14.4 Å². The summed E-state index contributed by atoms with van der Waals surface area (Å²) < 4.78 is 10.6. The number of likely N-dealkylation sites (N-methyl/N-ethyl adjacent to an activating group) is 1. The number of benzene rings is 3. The van der Waals surface area contributed by atoms with Crippen LogP contribution in [0.4, 0.5) is 0 Å². The largest absolute Gasteiger partial charge is 0.379 e. The summed E-state index contributed by atoms with van der Waals surface area (Å²) in [5.41, 5.74) is 3.58. The summed E-state index contributed by atoms with van der Waals surface area (Å²) in [6.45, 7) is 3.60. The molecule has 3 aromatic carbocycles. The zero-order valence-electron chi connectivity index (χ0n) is 27.4. The zero-order valence-corrected chi connectivity index (χ0v) is 28.2. The number of carbonyl (C=O) groups is 3. The second-order valence-corrected chi connectivity index (χ2v) is 12.5. The van der Waals surface area contributed by atoms with Gasteiger partial charge in [0.25, 0.3) is 0 Å². The summed E-state index contributed by atoms with van der Waals surface area (Å²) in [6.07, 6.45) is 4.60. The topological polar surface area (TPSA) is 93.7 Å². The standard InChI is InChI=1S/C38H50N2O5S/c1-3-36(42)35(39-2)23-13-14-25-40-37(43)30-45-28-27-44-26-15-22-34(41)24-29-46-38(31-16-7-4-8-17-31,32-18-9-5-10-19-32)33-20-11-6-12-21-33/h4-12,16-21,35,39H,3,13-15,22-30H2,1-2H3,(H,40,43). The van der Waals surface area contributed by atoms with Crippen molar-refractivity contribution in [2.45, 2.75) is 62.7 Å². The molecule has 1 amide bonds. The van der Waals surface area contributed by atoms with Crippen LogP contribution in [0.5, 0.6) is 0 Å². The fraction of sp³-hybridized carbons (Fsp3) is 0.447. The number of nitrogens with one attached hydrogen (secondary N) is 2. The highest BCUT2D eigenvalue weighted by atomic mass is 32.2. The van der Waals surface area contributed by atoms with Crippen LogP contribution in [0.1, 0.15) is 68.6 Å². The maximum atomic E-state index is 12.8. The van der Waals surface area contributed by atoms with Gasteiger partial charge in [0.2, 0.25) is 5.91 Å². The molecule has 0 spiro atoms. The Morgan fingerprint density at radius 1 is 0.739 bits per heavy atom. The number of unbranched alkanes of at least 4 members (excludes halogenated alkanes) is 1. The molecule has 3 rings (SSSR count). The predicted octanol–water partition coefficient (Wildman–Crippen LogP) is 6.34. The van der Waals surface area contributed by atoms with Gasteiger partial charge in [-0.15, -0.1) is 11.8 Å². The molecule has 0 heterocycles. The van der Waals surface area contributed by atoms with Crippen molar-refractivity contribution in [3.8, 4) is 0 Å². The van der Waals surface area contributed by atoms with E-state index in [1.165, 1.54) is 16.7 Å². The van der Waals surface area contributed by atoms with E-state index in [1.807, 2.05) is 25.1 Å². The summed E-state index contributed by atoms with van der Waals surface area (Å²) >= 11 is 1.81. The monoisotopic (exact) mass is 646 g/mol. The number of Topliss-reactive ketones (excluding diaryl/α,β-unsaturated/α-hetero) is 2. The van der Waals surface area contributed by atoms with Crippen LogP contribution in [0.2, 0.25) is 0 Å². The van der Waals surface area contributed by atoms with E-state index in [4.69, 9.17) is 9.47 Å². The minimum absolute atomic E-state index is 0.0105. The molecule has 0 aliphatic heterocycles. The molecule has 0 aliphatic carbocycles. The van der Waals surface area contributed by atoms with Crippen molar-refractivity contribution in [2.75, 3.05) is 45.8 Å². The molecule has 0 saturated carbocycles. The summed E-state index contributed by atoms with van der Waals surface area (Å²) in [4.78, 5) is 36.6. The van der Waals surface area contributed by atoms with Crippen molar-refractivity contribution in [3.63, 3.8) is 0 Å². The van der Waals surface area contributed by atoms with E-state index in [-0.39, 0.29) is 30.1 Å². The average Bonchev–Trinajstić information content (AvgIpc) is 3.10.